The van der Waals surface area contributed by atoms with Crippen LogP contribution in [-0.2, 0) is 20.9 Å². The molecule has 0 bridgehead atoms. The molecule has 0 spiro atoms. The molecule has 27 heavy (non-hydrogen) atoms. The van der Waals surface area contributed by atoms with Gasteiger partial charge < -0.3 is 19.9 Å². The summed E-state index contributed by atoms with van der Waals surface area (Å²) in [5.41, 5.74) is 1.05. The van der Waals surface area contributed by atoms with Crippen LogP contribution in [0.5, 0.6) is 5.75 Å². The number of hydrogen-bond donors (Lipinski definition) is 2. The fourth-order valence-corrected chi connectivity index (χ4v) is 2.37. The minimum Gasteiger partial charge on any atom is -0.481 e. The van der Waals surface area contributed by atoms with Crippen molar-refractivity contribution in [2.24, 2.45) is 0 Å². The van der Waals surface area contributed by atoms with E-state index < -0.39 is 30.4 Å². The molecule has 0 aliphatic heterocycles. The third kappa shape index (κ3) is 5.26. The lowest BCUT2D eigenvalue weighted by molar-refractivity contribution is -0.139. The van der Waals surface area contributed by atoms with Crippen molar-refractivity contribution in [3.63, 3.8) is 0 Å². The Labute approximate surface area is 154 Å². The maximum absolute atomic E-state index is 14.3. The van der Waals surface area contributed by atoms with Crippen molar-refractivity contribution in [3.05, 3.63) is 65.0 Å². The number of carbonyl (C=O) groups excluding carboxylic acids is 1. The highest BCUT2D eigenvalue weighted by molar-refractivity contribution is 5.83. The SMILES string of the molecule is COC(C(=O)NCc1ccc(C#N)cc1)c1c(F)cccc1OCC(=O)O. The molecule has 0 fully saturated rings. The summed E-state index contributed by atoms with van der Waals surface area (Å²) in [6, 6.07) is 12.4. The van der Waals surface area contributed by atoms with Crippen LogP contribution in [0.1, 0.15) is 22.8 Å². The van der Waals surface area contributed by atoms with E-state index >= 15 is 0 Å². The summed E-state index contributed by atoms with van der Waals surface area (Å²) in [5.74, 6) is -2.69. The summed E-state index contributed by atoms with van der Waals surface area (Å²) in [5, 5.41) is 20.1. The van der Waals surface area contributed by atoms with E-state index in [-0.39, 0.29) is 17.9 Å². The van der Waals surface area contributed by atoms with E-state index in [9.17, 15) is 14.0 Å². The van der Waals surface area contributed by atoms with Crippen molar-refractivity contribution < 1.29 is 28.6 Å². The number of nitriles is 1. The van der Waals surface area contributed by atoms with Crippen molar-refractivity contribution in [2.45, 2.75) is 12.6 Å². The van der Waals surface area contributed by atoms with Crippen LogP contribution in [0.15, 0.2) is 42.5 Å². The second-order valence-corrected chi connectivity index (χ2v) is 5.48. The molecule has 0 radical (unpaired) electrons. The maximum Gasteiger partial charge on any atom is 0.341 e. The summed E-state index contributed by atoms with van der Waals surface area (Å²) in [6.45, 7) is -0.538. The van der Waals surface area contributed by atoms with Crippen LogP contribution < -0.4 is 10.1 Å². The summed E-state index contributed by atoms with van der Waals surface area (Å²) >= 11 is 0. The quantitative estimate of drug-likeness (QED) is 0.735. The second-order valence-electron chi connectivity index (χ2n) is 5.48. The zero-order chi connectivity index (χ0) is 19.8. The van der Waals surface area contributed by atoms with Crippen LogP contribution in [0.2, 0.25) is 0 Å². The first-order chi connectivity index (χ1) is 13.0. The van der Waals surface area contributed by atoms with Gasteiger partial charge in [0, 0.05) is 13.7 Å². The number of carboxylic acid groups (broad SMARTS) is 1. The van der Waals surface area contributed by atoms with Gasteiger partial charge in [-0.05, 0) is 29.8 Å². The van der Waals surface area contributed by atoms with Crippen molar-refractivity contribution in [2.75, 3.05) is 13.7 Å². The van der Waals surface area contributed by atoms with Gasteiger partial charge in [-0.2, -0.15) is 5.26 Å². The number of benzene rings is 2. The molecular weight excluding hydrogens is 355 g/mol. The van der Waals surface area contributed by atoms with Gasteiger partial charge in [0.05, 0.1) is 17.2 Å². The number of methoxy groups -OCH3 is 1. The molecular formula is C19H17FN2O5. The largest absolute Gasteiger partial charge is 0.481 e. The van der Waals surface area contributed by atoms with Gasteiger partial charge in [-0.1, -0.05) is 18.2 Å². The van der Waals surface area contributed by atoms with E-state index in [1.54, 1.807) is 24.3 Å². The molecule has 1 amide bonds. The Balaban J connectivity index is 2.16. The Hall–Kier alpha value is -3.44. The smallest absolute Gasteiger partial charge is 0.341 e. The Morgan fingerprint density at radius 2 is 1.96 bits per heavy atom. The van der Waals surface area contributed by atoms with E-state index in [1.807, 2.05) is 6.07 Å². The lowest BCUT2D eigenvalue weighted by atomic mass is 10.1. The predicted molar refractivity (Wildman–Crippen MR) is 92.3 cm³/mol. The molecule has 0 aliphatic rings. The number of nitrogens with zero attached hydrogens (tertiary/aromatic N) is 1. The number of rotatable bonds is 8. The minimum atomic E-state index is -1.33. The van der Waals surface area contributed by atoms with Crippen molar-refractivity contribution in [1.82, 2.24) is 5.32 Å². The number of amides is 1. The van der Waals surface area contributed by atoms with Crippen LogP contribution in [0.4, 0.5) is 4.39 Å². The summed E-state index contributed by atoms with van der Waals surface area (Å²) in [6.07, 6.45) is -1.33. The first kappa shape index (κ1) is 19.9. The number of nitrogens with one attached hydrogen (secondary N) is 1. The van der Waals surface area contributed by atoms with Gasteiger partial charge in [0.25, 0.3) is 5.91 Å². The van der Waals surface area contributed by atoms with E-state index in [4.69, 9.17) is 19.8 Å². The van der Waals surface area contributed by atoms with Gasteiger partial charge in [0.15, 0.2) is 12.7 Å². The van der Waals surface area contributed by atoms with Gasteiger partial charge in [0.1, 0.15) is 11.6 Å². The van der Waals surface area contributed by atoms with Crippen molar-refractivity contribution in [1.29, 1.82) is 5.26 Å². The average molecular weight is 372 g/mol. The molecule has 1 unspecified atom stereocenters. The van der Waals surface area contributed by atoms with Gasteiger partial charge in [-0.25, -0.2) is 9.18 Å². The highest BCUT2D eigenvalue weighted by Gasteiger charge is 2.27. The molecule has 1 atom stereocenters. The number of hydrogen-bond acceptors (Lipinski definition) is 5. The molecule has 7 nitrogen and oxygen atoms in total. The first-order valence-corrected chi connectivity index (χ1v) is 7.88. The van der Waals surface area contributed by atoms with Crippen LogP contribution in [-0.4, -0.2) is 30.7 Å². The third-order valence-corrected chi connectivity index (χ3v) is 3.65. The number of carbonyl (C=O) groups is 2. The summed E-state index contributed by atoms with van der Waals surface area (Å²) in [7, 11) is 1.24. The topological polar surface area (TPSA) is 109 Å². The monoisotopic (exact) mass is 372 g/mol. The zero-order valence-corrected chi connectivity index (χ0v) is 14.4. The van der Waals surface area contributed by atoms with E-state index in [0.29, 0.717) is 5.56 Å². The standard InChI is InChI=1S/C19H17FN2O5/c1-26-18(17-14(20)3-2-4-15(17)27-11-16(23)24)19(25)22-10-13-7-5-12(9-21)6-8-13/h2-8,18H,10-11H2,1H3,(H,22,25)(H,23,24). The number of ether oxygens (including phenoxy) is 2. The molecule has 0 heterocycles. The van der Waals surface area contributed by atoms with Crippen LogP contribution in [0.3, 0.4) is 0 Å². The molecule has 0 saturated carbocycles. The molecule has 2 aromatic carbocycles. The zero-order valence-electron chi connectivity index (χ0n) is 14.4. The summed E-state index contributed by atoms with van der Waals surface area (Å²) < 4.78 is 24.5. The Bertz CT molecular complexity index is 861. The molecule has 140 valence electrons. The fraction of sp³-hybridized carbons (Fsp3) is 0.211. The number of aliphatic carboxylic acids is 1. The van der Waals surface area contributed by atoms with E-state index in [1.165, 1.54) is 19.2 Å². The predicted octanol–water partition coefficient (Wildman–Crippen LogP) is 2.16. The van der Waals surface area contributed by atoms with Gasteiger partial charge in [0.2, 0.25) is 0 Å². The van der Waals surface area contributed by atoms with Crippen LogP contribution >= 0.6 is 0 Å². The lowest BCUT2D eigenvalue weighted by Crippen LogP contribution is -2.31. The van der Waals surface area contributed by atoms with E-state index in [2.05, 4.69) is 5.32 Å². The highest BCUT2D eigenvalue weighted by atomic mass is 19.1. The normalized spacial score (nSPS) is 11.3. The van der Waals surface area contributed by atoms with E-state index in [0.717, 1.165) is 11.6 Å². The van der Waals surface area contributed by atoms with Crippen molar-refractivity contribution in [3.8, 4) is 11.8 Å². The Kier molecular flexibility index (Phi) is 6.86. The highest BCUT2D eigenvalue weighted by Crippen LogP contribution is 2.30. The van der Waals surface area contributed by atoms with Gasteiger partial charge >= 0.3 is 5.97 Å². The fourth-order valence-electron chi connectivity index (χ4n) is 2.37. The maximum atomic E-state index is 14.3. The molecule has 2 N–H and O–H groups in total. The number of carboxylic acids is 1. The lowest BCUT2D eigenvalue weighted by Gasteiger charge is -2.19. The average Bonchev–Trinajstić information content (AvgIpc) is 2.67. The molecule has 2 aromatic rings. The minimum absolute atomic E-state index is 0.0854. The molecule has 2 rings (SSSR count). The van der Waals surface area contributed by atoms with Crippen LogP contribution in [0.25, 0.3) is 0 Å². The summed E-state index contributed by atoms with van der Waals surface area (Å²) in [4.78, 5) is 23.2. The van der Waals surface area contributed by atoms with Crippen LogP contribution in [0, 0.1) is 17.1 Å². The molecule has 0 saturated heterocycles. The van der Waals surface area contributed by atoms with Crippen molar-refractivity contribution >= 4 is 11.9 Å². The molecule has 0 aliphatic carbocycles. The Morgan fingerprint density at radius 1 is 1.26 bits per heavy atom. The van der Waals surface area contributed by atoms with Gasteiger partial charge in [-0.15, -0.1) is 0 Å². The Morgan fingerprint density at radius 3 is 2.56 bits per heavy atom. The second kappa shape index (κ2) is 9.31. The molecule has 8 heteroatoms. The van der Waals surface area contributed by atoms with Gasteiger partial charge in [-0.3, -0.25) is 4.79 Å². The first-order valence-electron chi connectivity index (χ1n) is 7.88. The number of halogens is 1. The third-order valence-electron chi connectivity index (χ3n) is 3.65. The molecule has 0 aromatic heterocycles.